The lowest BCUT2D eigenvalue weighted by molar-refractivity contribution is -0.127. The molecular formula is C18H22N4O3. The minimum atomic E-state index is -0.295. The number of amides is 3. The van der Waals surface area contributed by atoms with E-state index in [2.05, 4.69) is 15.8 Å². The van der Waals surface area contributed by atoms with Gasteiger partial charge < -0.3 is 20.1 Å². The Morgan fingerprint density at radius 1 is 1.36 bits per heavy atom. The molecule has 0 spiro atoms. The van der Waals surface area contributed by atoms with Crippen LogP contribution in [0.1, 0.15) is 25.5 Å². The summed E-state index contributed by atoms with van der Waals surface area (Å²) in [6, 6.07) is 11.1. The van der Waals surface area contributed by atoms with Crippen molar-refractivity contribution in [1.29, 1.82) is 0 Å². The van der Waals surface area contributed by atoms with Crippen LogP contribution in [0.2, 0.25) is 0 Å². The van der Waals surface area contributed by atoms with E-state index in [1.165, 1.54) is 0 Å². The molecule has 2 heterocycles. The average Bonchev–Trinajstić information content (AvgIpc) is 3.23. The highest BCUT2D eigenvalue weighted by Gasteiger charge is 2.22. The second-order valence-electron chi connectivity index (χ2n) is 6.22. The number of urea groups is 1. The standard InChI is InChI=1S/C18H22N4O3/c1-13(12-22-9-5-8-17(22)23)20-18(24)19-11-15-10-16(21-25-15)14-6-3-2-4-7-14/h2-4,6-7,10,13H,5,8-9,11-12H2,1H3,(H2,19,20,24)/t13-/m0/s1. The highest BCUT2D eigenvalue weighted by atomic mass is 16.5. The molecule has 1 atom stereocenters. The van der Waals surface area contributed by atoms with Gasteiger partial charge in [0.05, 0.1) is 6.54 Å². The maximum absolute atomic E-state index is 12.0. The smallest absolute Gasteiger partial charge is 0.315 e. The van der Waals surface area contributed by atoms with Crippen LogP contribution in [0.25, 0.3) is 11.3 Å². The van der Waals surface area contributed by atoms with E-state index < -0.39 is 0 Å². The van der Waals surface area contributed by atoms with Crippen molar-refractivity contribution in [1.82, 2.24) is 20.7 Å². The predicted octanol–water partition coefficient (Wildman–Crippen LogP) is 2.15. The van der Waals surface area contributed by atoms with Crippen molar-refractivity contribution < 1.29 is 14.1 Å². The van der Waals surface area contributed by atoms with Crippen molar-refractivity contribution in [2.24, 2.45) is 0 Å². The summed E-state index contributed by atoms with van der Waals surface area (Å²) < 4.78 is 5.25. The van der Waals surface area contributed by atoms with Crippen LogP contribution < -0.4 is 10.6 Å². The minimum absolute atomic E-state index is 0.114. The SMILES string of the molecule is C[C@@H](CN1CCCC1=O)NC(=O)NCc1cc(-c2ccccc2)no1. The Balaban J connectivity index is 1.44. The van der Waals surface area contributed by atoms with Crippen LogP contribution in [0.15, 0.2) is 40.9 Å². The monoisotopic (exact) mass is 342 g/mol. The van der Waals surface area contributed by atoms with Gasteiger partial charge in [-0.2, -0.15) is 0 Å². The van der Waals surface area contributed by atoms with Crippen molar-refractivity contribution in [2.75, 3.05) is 13.1 Å². The first-order valence-corrected chi connectivity index (χ1v) is 8.45. The summed E-state index contributed by atoms with van der Waals surface area (Å²) >= 11 is 0. The fraction of sp³-hybridized carbons (Fsp3) is 0.389. The molecule has 7 nitrogen and oxygen atoms in total. The molecular weight excluding hydrogens is 320 g/mol. The molecule has 0 saturated carbocycles. The van der Waals surface area contributed by atoms with Gasteiger partial charge in [0.2, 0.25) is 5.91 Å². The number of nitrogens with one attached hydrogen (secondary N) is 2. The molecule has 132 valence electrons. The summed E-state index contributed by atoms with van der Waals surface area (Å²) in [5, 5.41) is 9.58. The third kappa shape index (κ3) is 4.59. The van der Waals surface area contributed by atoms with Crippen LogP contribution in [0.5, 0.6) is 0 Å². The van der Waals surface area contributed by atoms with Gasteiger partial charge in [-0.1, -0.05) is 35.5 Å². The number of likely N-dealkylation sites (tertiary alicyclic amines) is 1. The molecule has 1 aliphatic rings. The first-order chi connectivity index (χ1) is 12.1. The maximum Gasteiger partial charge on any atom is 0.315 e. The molecule has 0 unspecified atom stereocenters. The second kappa shape index (κ2) is 7.83. The van der Waals surface area contributed by atoms with Gasteiger partial charge >= 0.3 is 6.03 Å². The molecule has 1 aromatic heterocycles. The van der Waals surface area contributed by atoms with E-state index in [-0.39, 0.29) is 24.5 Å². The molecule has 2 aromatic rings. The van der Waals surface area contributed by atoms with E-state index in [9.17, 15) is 9.59 Å². The molecule has 3 rings (SSSR count). The minimum Gasteiger partial charge on any atom is -0.359 e. The zero-order valence-electron chi connectivity index (χ0n) is 14.2. The molecule has 1 fully saturated rings. The Labute approximate surface area is 146 Å². The van der Waals surface area contributed by atoms with E-state index in [0.29, 0.717) is 18.7 Å². The summed E-state index contributed by atoms with van der Waals surface area (Å²) in [6.45, 7) is 3.44. The number of nitrogens with zero attached hydrogens (tertiary/aromatic N) is 2. The molecule has 1 aliphatic heterocycles. The number of aromatic nitrogens is 1. The van der Waals surface area contributed by atoms with Crippen LogP contribution in [0, 0.1) is 0 Å². The molecule has 1 aromatic carbocycles. The number of carbonyl (C=O) groups is 2. The number of carbonyl (C=O) groups excluding carboxylic acids is 2. The highest BCUT2D eigenvalue weighted by molar-refractivity contribution is 5.78. The van der Waals surface area contributed by atoms with Crippen molar-refractivity contribution >= 4 is 11.9 Å². The predicted molar refractivity (Wildman–Crippen MR) is 92.6 cm³/mol. The quantitative estimate of drug-likeness (QED) is 0.842. The van der Waals surface area contributed by atoms with Crippen molar-refractivity contribution in [2.45, 2.75) is 32.4 Å². The summed E-state index contributed by atoms with van der Waals surface area (Å²) in [7, 11) is 0. The molecule has 1 saturated heterocycles. The zero-order chi connectivity index (χ0) is 17.6. The molecule has 7 heteroatoms. The lowest BCUT2D eigenvalue weighted by Crippen LogP contribution is -2.46. The fourth-order valence-corrected chi connectivity index (χ4v) is 2.86. The summed E-state index contributed by atoms with van der Waals surface area (Å²) in [5.41, 5.74) is 1.70. The summed E-state index contributed by atoms with van der Waals surface area (Å²) in [4.78, 5) is 25.4. The lowest BCUT2D eigenvalue weighted by atomic mass is 10.1. The van der Waals surface area contributed by atoms with Gasteiger partial charge in [0.1, 0.15) is 5.69 Å². The second-order valence-corrected chi connectivity index (χ2v) is 6.22. The fourth-order valence-electron chi connectivity index (χ4n) is 2.86. The van der Waals surface area contributed by atoms with Gasteiger partial charge in [-0.05, 0) is 13.3 Å². The van der Waals surface area contributed by atoms with E-state index in [0.717, 1.165) is 24.2 Å². The van der Waals surface area contributed by atoms with Gasteiger partial charge in [0, 0.05) is 37.2 Å². The van der Waals surface area contributed by atoms with Crippen LogP contribution in [0.3, 0.4) is 0 Å². The third-order valence-corrected chi connectivity index (χ3v) is 4.09. The summed E-state index contributed by atoms with van der Waals surface area (Å²) in [6.07, 6.45) is 1.50. The largest absolute Gasteiger partial charge is 0.359 e. The average molecular weight is 342 g/mol. The lowest BCUT2D eigenvalue weighted by Gasteiger charge is -2.21. The van der Waals surface area contributed by atoms with Crippen molar-refractivity contribution in [3.05, 3.63) is 42.2 Å². The Morgan fingerprint density at radius 3 is 2.88 bits per heavy atom. The van der Waals surface area contributed by atoms with Gasteiger partial charge in [-0.3, -0.25) is 4.79 Å². The number of hydrogen-bond donors (Lipinski definition) is 2. The van der Waals surface area contributed by atoms with E-state index >= 15 is 0 Å². The number of hydrogen-bond acceptors (Lipinski definition) is 4. The highest BCUT2D eigenvalue weighted by Crippen LogP contribution is 2.18. The van der Waals surface area contributed by atoms with E-state index in [1.54, 1.807) is 4.90 Å². The molecule has 0 radical (unpaired) electrons. The van der Waals surface area contributed by atoms with Crippen LogP contribution in [-0.4, -0.2) is 41.1 Å². The van der Waals surface area contributed by atoms with Crippen molar-refractivity contribution in [3.63, 3.8) is 0 Å². The molecule has 2 N–H and O–H groups in total. The van der Waals surface area contributed by atoms with E-state index in [1.807, 2.05) is 43.3 Å². The Kier molecular flexibility index (Phi) is 5.33. The first-order valence-electron chi connectivity index (χ1n) is 8.45. The number of rotatable bonds is 6. The molecule has 3 amide bonds. The maximum atomic E-state index is 12.0. The van der Waals surface area contributed by atoms with Crippen LogP contribution in [0.4, 0.5) is 4.79 Å². The summed E-state index contributed by atoms with van der Waals surface area (Å²) in [5.74, 6) is 0.737. The van der Waals surface area contributed by atoms with Crippen molar-refractivity contribution in [3.8, 4) is 11.3 Å². The molecule has 0 aliphatic carbocycles. The Morgan fingerprint density at radius 2 is 2.16 bits per heavy atom. The van der Waals surface area contributed by atoms with Gasteiger partial charge in [0.15, 0.2) is 5.76 Å². The first kappa shape index (κ1) is 17.0. The Hall–Kier alpha value is -2.83. The van der Waals surface area contributed by atoms with E-state index in [4.69, 9.17) is 4.52 Å². The van der Waals surface area contributed by atoms with Gasteiger partial charge in [-0.25, -0.2) is 4.79 Å². The van der Waals surface area contributed by atoms with Gasteiger partial charge in [0.25, 0.3) is 0 Å². The van der Waals surface area contributed by atoms with Gasteiger partial charge in [-0.15, -0.1) is 0 Å². The normalized spacial score (nSPS) is 15.2. The topological polar surface area (TPSA) is 87.5 Å². The van der Waals surface area contributed by atoms with Crippen LogP contribution >= 0.6 is 0 Å². The Bertz CT molecular complexity index is 729. The van der Waals surface area contributed by atoms with Crippen LogP contribution in [-0.2, 0) is 11.3 Å². The third-order valence-electron chi connectivity index (χ3n) is 4.09. The number of benzene rings is 1. The molecule has 25 heavy (non-hydrogen) atoms. The zero-order valence-corrected chi connectivity index (χ0v) is 14.2. The molecule has 0 bridgehead atoms.